The van der Waals surface area contributed by atoms with Crippen LogP contribution in [0.5, 0.6) is 0 Å². The lowest BCUT2D eigenvalue weighted by Gasteiger charge is -2.40. The Morgan fingerprint density at radius 2 is 1.24 bits per heavy atom. The van der Waals surface area contributed by atoms with Gasteiger partial charge in [-0.15, -0.1) is 0 Å². The van der Waals surface area contributed by atoms with Gasteiger partial charge in [-0.1, -0.05) is 30.3 Å². The summed E-state index contributed by atoms with van der Waals surface area (Å²) >= 11 is 4.68. The SMILES string of the molecule is FC(F)(F)C(F)(F)C(F)(F)C(F)(F)C(F)(F)C(F)(F)CC[C@H]1OC(=S)N[C@H]1Cc1ccccc1. The summed E-state index contributed by atoms with van der Waals surface area (Å²) in [7, 11) is 0. The van der Waals surface area contributed by atoms with Gasteiger partial charge >= 0.3 is 35.8 Å². The largest absolute Gasteiger partial charge is 0.466 e. The lowest BCUT2D eigenvalue weighted by Crippen LogP contribution is -2.70. The van der Waals surface area contributed by atoms with Crippen molar-refractivity contribution in [3.05, 3.63) is 35.9 Å². The molecule has 0 amide bonds. The molecule has 1 fully saturated rings. The maximum absolute atomic E-state index is 14.0. The summed E-state index contributed by atoms with van der Waals surface area (Å²) in [6, 6.07) is 7.01. The number of nitrogens with one attached hydrogen (secondary N) is 1. The van der Waals surface area contributed by atoms with Gasteiger partial charge < -0.3 is 10.1 Å². The molecule has 0 aromatic heterocycles. The standard InChI is InChI=1S/C18H14F13NOS/c19-13(20,14(21,22)15(23,24)16(25,26)17(27,28)18(29,30)31)7-6-11-10(32-12(34)33-11)8-9-4-2-1-3-5-9/h1-5,10-11H,6-8H2,(H,32,34)/t10-,11+/m0/s1. The molecule has 1 aromatic rings. The zero-order valence-electron chi connectivity index (χ0n) is 16.4. The maximum Gasteiger partial charge on any atom is 0.460 e. The average Bonchev–Trinajstić information content (AvgIpc) is 3.04. The summed E-state index contributed by atoms with van der Waals surface area (Å²) in [6.45, 7) is 0. The van der Waals surface area contributed by atoms with Crippen LogP contribution in [-0.2, 0) is 11.2 Å². The fourth-order valence-corrected chi connectivity index (χ4v) is 3.37. The molecule has 0 aliphatic carbocycles. The Labute approximate surface area is 188 Å². The van der Waals surface area contributed by atoms with Crippen molar-refractivity contribution in [1.82, 2.24) is 5.32 Å². The van der Waals surface area contributed by atoms with Crippen LogP contribution in [0.1, 0.15) is 18.4 Å². The second kappa shape index (κ2) is 8.90. The van der Waals surface area contributed by atoms with Crippen molar-refractivity contribution in [3.63, 3.8) is 0 Å². The van der Waals surface area contributed by atoms with Gasteiger partial charge in [0, 0.05) is 6.42 Å². The van der Waals surface area contributed by atoms with Crippen molar-refractivity contribution in [1.29, 1.82) is 0 Å². The monoisotopic (exact) mass is 539 g/mol. The van der Waals surface area contributed by atoms with E-state index in [9.17, 15) is 57.1 Å². The molecule has 194 valence electrons. The highest BCUT2D eigenvalue weighted by Gasteiger charge is 2.90. The summed E-state index contributed by atoms with van der Waals surface area (Å²) in [5, 5.41) is 2.13. The number of benzene rings is 1. The van der Waals surface area contributed by atoms with E-state index >= 15 is 0 Å². The van der Waals surface area contributed by atoms with E-state index < -0.39 is 60.8 Å². The van der Waals surface area contributed by atoms with Crippen molar-refractivity contribution in [2.24, 2.45) is 0 Å². The van der Waals surface area contributed by atoms with Crippen LogP contribution >= 0.6 is 12.2 Å². The van der Waals surface area contributed by atoms with Crippen LogP contribution in [0.15, 0.2) is 30.3 Å². The van der Waals surface area contributed by atoms with Crippen molar-refractivity contribution in [2.45, 2.75) is 67.2 Å². The smallest absolute Gasteiger partial charge is 0.460 e. The Bertz CT molecular complexity index is 872. The van der Waals surface area contributed by atoms with Crippen molar-refractivity contribution >= 4 is 17.4 Å². The number of hydrogen-bond acceptors (Lipinski definition) is 2. The first-order chi connectivity index (χ1) is 15.2. The molecule has 1 saturated heterocycles. The van der Waals surface area contributed by atoms with Gasteiger partial charge in [-0.2, -0.15) is 57.1 Å². The molecule has 0 saturated carbocycles. The minimum Gasteiger partial charge on any atom is -0.466 e. The van der Waals surface area contributed by atoms with Crippen LogP contribution in [0.3, 0.4) is 0 Å². The molecule has 0 bridgehead atoms. The van der Waals surface area contributed by atoms with Crippen molar-refractivity contribution < 1.29 is 61.8 Å². The number of rotatable bonds is 9. The average molecular weight is 539 g/mol. The maximum atomic E-state index is 14.0. The van der Waals surface area contributed by atoms with Crippen LogP contribution in [0.2, 0.25) is 0 Å². The highest BCUT2D eigenvalue weighted by Crippen LogP contribution is 2.60. The molecular formula is C18H14F13NOS. The van der Waals surface area contributed by atoms with Gasteiger partial charge in [0.2, 0.25) is 0 Å². The minimum atomic E-state index is -7.91. The lowest BCUT2D eigenvalue weighted by atomic mass is 9.90. The van der Waals surface area contributed by atoms with Gasteiger partial charge in [0.05, 0.1) is 6.04 Å². The molecule has 1 N–H and O–H groups in total. The van der Waals surface area contributed by atoms with E-state index in [1.165, 1.54) is 0 Å². The normalized spacial score (nSPS) is 20.8. The summed E-state index contributed by atoms with van der Waals surface area (Å²) in [5.74, 6) is -36.9. The van der Waals surface area contributed by atoms with E-state index in [-0.39, 0.29) is 11.6 Å². The van der Waals surface area contributed by atoms with Gasteiger partial charge in [-0.25, -0.2) is 0 Å². The molecule has 1 heterocycles. The van der Waals surface area contributed by atoms with Crippen molar-refractivity contribution in [3.8, 4) is 0 Å². The van der Waals surface area contributed by atoms with Gasteiger partial charge in [0.25, 0.3) is 5.17 Å². The van der Waals surface area contributed by atoms with Crippen molar-refractivity contribution in [2.75, 3.05) is 0 Å². The minimum absolute atomic E-state index is 0.0135. The second-order valence-electron chi connectivity index (χ2n) is 7.42. The van der Waals surface area contributed by atoms with Crippen LogP contribution in [0.4, 0.5) is 57.1 Å². The van der Waals surface area contributed by atoms with E-state index in [4.69, 9.17) is 4.74 Å². The molecule has 2 atom stereocenters. The van der Waals surface area contributed by atoms with E-state index in [1.54, 1.807) is 30.3 Å². The van der Waals surface area contributed by atoms with Gasteiger partial charge in [-0.3, -0.25) is 0 Å². The number of hydrogen-bond donors (Lipinski definition) is 1. The first kappa shape index (κ1) is 28.2. The summed E-state index contributed by atoms with van der Waals surface area (Å²) in [5.41, 5.74) is 0.580. The van der Waals surface area contributed by atoms with E-state index in [1.807, 2.05) is 0 Å². The molecule has 0 spiro atoms. The zero-order valence-corrected chi connectivity index (χ0v) is 17.2. The highest BCUT2D eigenvalue weighted by molar-refractivity contribution is 7.80. The number of halogens is 13. The van der Waals surface area contributed by atoms with Crippen LogP contribution in [-0.4, -0.2) is 53.1 Å². The second-order valence-corrected chi connectivity index (χ2v) is 7.79. The molecule has 1 aliphatic heterocycles. The van der Waals surface area contributed by atoms with E-state index in [2.05, 4.69) is 17.5 Å². The molecule has 2 rings (SSSR count). The Kier molecular flexibility index (Phi) is 7.39. The molecule has 0 unspecified atom stereocenters. The first-order valence-corrected chi connectivity index (χ1v) is 9.57. The summed E-state index contributed by atoms with van der Waals surface area (Å²) < 4.78 is 177. The van der Waals surface area contributed by atoms with E-state index in [0.29, 0.717) is 5.56 Å². The molecule has 1 aromatic carbocycles. The third-order valence-electron chi connectivity index (χ3n) is 5.05. The van der Waals surface area contributed by atoms with E-state index in [0.717, 1.165) is 0 Å². The third kappa shape index (κ3) is 4.73. The summed E-state index contributed by atoms with van der Waals surface area (Å²) in [6.07, 6.45) is -12.4. The molecule has 16 heteroatoms. The Morgan fingerprint density at radius 1 is 0.735 bits per heavy atom. The predicted molar refractivity (Wildman–Crippen MR) is 94.6 cm³/mol. The Balaban J connectivity index is 2.24. The Morgan fingerprint density at radius 3 is 1.74 bits per heavy atom. The molecule has 2 nitrogen and oxygen atoms in total. The molecular weight excluding hydrogens is 525 g/mol. The third-order valence-corrected chi connectivity index (χ3v) is 5.26. The molecule has 1 aliphatic rings. The highest BCUT2D eigenvalue weighted by atomic mass is 32.1. The zero-order chi connectivity index (χ0) is 26.4. The van der Waals surface area contributed by atoms with Crippen LogP contribution < -0.4 is 5.32 Å². The molecule has 0 radical (unpaired) electrons. The predicted octanol–water partition coefficient (Wildman–Crippen LogP) is 6.39. The molecule has 34 heavy (non-hydrogen) atoms. The first-order valence-electron chi connectivity index (χ1n) is 9.16. The number of thiocarbonyl (C=S) groups is 1. The van der Waals surface area contributed by atoms with Crippen LogP contribution in [0.25, 0.3) is 0 Å². The van der Waals surface area contributed by atoms with Gasteiger partial charge in [-0.05, 0) is 30.6 Å². The number of ether oxygens (including phenoxy) is 1. The van der Waals surface area contributed by atoms with Gasteiger partial charge in [0.15, 0.2) is 0 Å². The lowest BCUT2D eigenvalue weighted by molar-refractivity contribution is -0.440. The van der Waals surface area contributed by atoms with Gasteiger partial charge in [0.1, 0.15) is 6.10 Å². The summed E-state index contributed by atoms with van der Waals surface area (Å²) in [4.78, 5) is 0. The fourth-order valence-electron chi connectivity index (χ4n) is 3.09. The fraction of sp³-hybridized carbons (Fsp3) is 0.611. The number of alkyl halides is 13. The topological polar surface area (TPSA) is 21.3 Å². The Hall–Kier alpha value is -2.00. The van der Waals surface area contributed by atoms with Crippen LogP contribution in [0, 0.1) is 0 Å². The quantitative estimate of drug-likeness (QED) is 0.291.